The van der Waals surface area contributed by atoms with Crippen molar-refractivity contribution < 1.29 is 4.42 Å². The summed E-state index contributed by atoms with van der Waals surface area (Å²) in [5.41, 5.74) is 7.32. The number of fused-ring (bicyclic) bond motifs is 3. The molecule has 0 saturated carbocycles. The molecule has 0 N–H and O–H groups in total. The van der Waals surface area contributed by atoms with Crippen molar-refractivity contribution in [2.24, 2.45) is 0 Å². The molecule has 0 fully saturated rings. The Hall–Kier alpha value is -3.39. The van der Waals surface area contributed by atoms with E-state index in [4.69, 9.17) is 9.40 Å². The first-order chi connectivity index (χ1) is 12.8. The van der Waals surface area contributed by atoms with Gasteiger partial charge in [-0.05, 0) is 36.2 Å². The van der Waals surface area contributed by atoms with Crippen molar-refractivity contribution in [3.63, 3.8) is 0 Å². The Labute approximate surface area is 151 Å². The second kappa shape index (κ2) is 5.85. The third-order valence-corrected chi connectivity index (χ3v) is 4.88. The Balaban J connectivity index is 1.70. The molecule has 2 nitrogen and oxygen atoms in total. The number of furan rings is 1. The normalized spacial score (nSPS) is 11.3. The Bertz CT molecular complexity index is 1240. The molecule has 3 aromatic carbocycles. The molecule has 0 unspecified atom stereocenters. The lowest BCUT2D eigenvalue weighted by Crippen LogP contribution is -1.90. The molecule has 26 heavy (non-hydrogen) atoms. The number of pyridine rings is 1. The topological polar surface area (TPSA) is 26.0 Å². The van der Waals surface area contributed by atoms with Crippen molar-refractivity contribution in [3.8, 4) is 22.4 Å². The molecule has 0 aliphatic carbocycles. The number of para-hydroxylation sites is 2. The number of hydrogen-bond acceptors (Lipinski definition) is 2. The molecule has 2 heteroatoms. The Morgan fingerprint density at radius 3 is 2.35 bits per heavy atom. The van der Waals surface area contributed by atoms with Crippen molar-refractivity contribution in [2.45, 2.75) is 6.92 Å². The highest BCUT2D eigenvalue weighted by molar-refractivity contribution is 6.09. The van der Waals surface area contributed by atoms with Crippen LogP contribution in [0.3, 0.4) is 0 Å². The number of hydrogen-bond donors (Lipinski definition) is 0. The van der Waals surface area contributed by atoms with Gasteiger partial charge >= 0.3 is 0 Å². The smallest absolute Gasteiger partial charge is 0.144 e. The largest absolute Gasteiger partial charge is 0.455 e. The van der Waals surface area contributed by atoms with Crippen LogP contribution in [0, 0.1) is 6.92 Å². The number of rotatable bonds is 2. The molecule has 0 aliphatic heterocycles. The third kappa shape index (κ3) is 2.31. The van der Waals surface area contributed by atoms with Crippen molar-refractivity contribution in [3.05, 3.63) is 90.6 Å². The molecule has 124 valence electrons. The first-order valence-corrected chi connectivity index (χ1v) is 8.74. The first-order valence-electron chi connectivity index (χ1n) is 8.74. The standard InChI is InChI=1S/C24H17NO/c1-16-14-22(25-15-21(16)17-8-3-2-4-9-17)20-12-7-11-19-18-10-5-6-13-23(18)26-24(19)20/h2-15H,1H3. The van der Waals surface area contributed by atoms with E-state index >= 15 is 0 Å². The highest BCUT2D eigenvalue weighted by Crippen LogP contribution is 2.36. The fourth-order valence-corrected chi connectivity index (χ4v) is 3.57. The van der Waals surface area contributed by atoms with Crippen LogP contribution in [0.5, 0.6) is 0 Å². The van der Waals surface area contributed by atoms with Crippen LogP contribution in [-0.4, -0.2) is 4.98 Å². The minimum Gasteiger partial charge on any atom is -0.455 e. The van der Waals surface area contributed by atoms with Gasteiger partial charge in [0.15, 0.2) is 0 Å². The summed E-state index contributed by atoms with van der Waals surface area (Å²) in [6, 6.07) is 26.9. The summed E-state index contributed by atoms with van der Waals surface area (Å²) < 4.78 is 6.15. The maximum atomic E-state index is 6.15. The van der Waals surface area contributed by atoms with Gasteiger partial charge in [0.05, 0.1) is 5.69 Å². The molecule has 0 atom stereocenters. The van der Waals surface area contributed by atoms with E-state index in [-0.39, 0.29) is 0 Å². The van der Waals surface area contributed by atoms with Crippen molar-refractivity contribution >= 4 is 21.9 Å². The third-order valence-electron chi connectivity index (χ3n) is 4.88. The summed E-state index contributed by atoms with van der Waals surface area (Å²) >= 11 is 0. The molecule has 5 rings (SSSR count). The fraction of sp³-hybridized carbons (Fsp3) is 0.0417. The SMILES string of the molecule is Cc1cc(-c2cccc3c2oc2ccccc23)ncc1-c1ccccc1. The van der Waals surface area contributed by atoms with Crippen LogP contribution in [0.2, 0.25) is 0 Å². The maximum absolute atomic E-state index is 6.15. The van der Waals surface area contributed by atoms with Gasteiger partial charge in [0, 0.05) is 28.1 Å². The molecular weight excluding hydrogens is 318 g/mol. The van der Waals surface area contributed by atoms with Gasteiger partial charge in [-0.25, -0.2) is 0 Å². The van der Waals surface area contributed by atoms with E-state index in [0.717, 1.165) is 38.8 Å². The molecule has 0 amide bonds. The predicted octanol–water partition coefficient (Wildman–Crippen LogP) is 6.62. The van der Waals surface area contributed by atoms with E-state index in [1.54, 1.807) is 0 Å². The summed E-state index contributed by atoms with van der Waals surface area (Å²) in [4.78, 5) is 4.75. The summed E-state index contributed by atoms with van der Waals surface area (Å²) in [6.45, 7) is 2.13. The summed E-state index contributed by atoms with van der Waals surface area (Å²) in [5, 5.41) is 2.27. The van der Waals surface area contributed by atoms with Crippen LogP contribution in [0.4, 0.5) is 0 Å². The molecule has 2 heterocycles. The number of aryl methyl sites for hydroxylation is 1. The molecule has 2 aromatic heterocycles. The lowest BCUT2D eigenvalue weighted by molar-refractivity contribution is 0.670. The predicted molar refractivity (Wildman–Crippen MR) is 107 cm³/mol. The minimum absolute atomic E-state index is 0.896. The maximum Gasteiger partial charge on any atom is 0.144 e. The van der Waals surface area contributed by atoms with Gasteiger partial charge in [-0.15, -0.1) is 0 Å². The first kappa shape index (κ1) is 14.9. The Morgan fingerprint density at radius 2 is 1.50 bits per heavy atom. The van der Waals surface area contributed by atoms with Gasteiger partial charge < -0.3 is 4.42 Å². The summed E-state index contributed by atoms with van der Waals surface area (Å²) in [6.07, 6.45) is 1.96. The molecule has 5 aromatic rings. The zero-order valence-corrected chi connectivity index (χ0v) is 14.4. The van der Waals surface area contributed by atoms with E-state index in [0.29, 0.717) is 0 Å². The van der Waals surface area contributed by atoms with E-state index in [1.165, 1.54) is 11.1 Å². The summed E-state index contributed by atoms with van der Waals surface area (Å²) in [7, 11) is 0. The second-order valence-corrected chi connectivity index (χ2v) is 6.53. The molecule has 0 saturated heterocycles. The lowest BCUT2D eigenvalue weighted by Gasteiger charge is -2.08. The van der Waals surface area contributed by atoms with Crippen LogP contribution in [0.25, 0.3) is 44.3 Å². The number of benzene rings is 3. The minimum atomic E-state index is 0.896. The molecule has 0 spiro atoms. The van der Waals surface area contributed by atoms with Crippen LogP contribution < -0.4 is 0 Å². The Morgan fingerprint density at radius 1 is 0.731 bits per heavy atom. The second-order valence-electron chi connectivity index (χ2n) is 6.53. The highest BCUT2D eigenvalue weighted by Gasteiger charge is 2.13. The van der Waals surface area contributed by atoms with E-state index < -0.39 is 0 Å². The van der Waals surface area contributed by atoms with Crippen LogP contribution in [0.15, 0.2) is 89.5 Å². The van der Waals surface area contributed by atoms with Crippen LogP contribution in [-0.2, 0) is 0 Å². The zero-order chi connectivity index (χ0) is 17.5. The van der Waals surface area contributed by atoms with Gasteiger partial charge in [0.1, 0.15) is 11.2 Å². The van der Waals surface area contributed by atoms with E-state index in [9.17, 15) is 0 Å². The molecule has 0 aliphatic rings. The fourth-order valence-electron chi connectivity index (χ4n) is 3.57. The number of aromatic nitrogens is 1. The van der Waals surface area contributed by atoms with Gasteiger partial charge in [0.2, 0.25) is 0 Å². The van der Waals surface area contributed by atoms with Gasteiger partial charge in [-0.3, -0.25) is 4.98 Å². The quantitative estimate of drug-likeness (QED) is 0.362. The van der Waals surface area contributed by atoms with Crippen molar-refractivity contribution in [1.82, 2.24) is 4.98 Å². The monoisotopic (exact) mass is 335 g/mol. The van der Waals surface area contributed by atoms with Gasteiger partial charge in [-0.2, -0.15) is 0 Å². The van der Waals surface area contributed by atoms with Crippen molar-refractivity contribution in [1.29, 1.82) is 0 Å². The van der Waals surface area contributed by atoms with Gasteiger partial charge in [-0.1, -0.05) is 60.7 Å². The molecule has 0 radical (unpaired) electrons. The van der Waals surface area contributed by atoms with Gasteiger partial charge in [0.25, 0.3) is 0 Å². The Kier molecular flexibility index (Phi) is 3.36. The zero-order valence-electron chi connectivity index (χ0n) is 14.4. The van der Waals surface area contributed by atoms with Crippen LogP contribution in [0.1, 0.15) is 5.56 Å². The highest BCUT2D eigenvalue weighted by atomic mass is 16.3. The van der Waals surface area contributed by atoms with E-state index in [2.05, 4.69) is 61.5 Å². The molecular formula is C24H17NO. The average Bonchev–Trinajstić information content (AvgIpc) is 3.07. The van der Waals surface area contributed by atoms with Crippen molar-refractivity contribution in [2.75, 3.05) is 0 Å². The van der Waals surface area contributed by atoms with Crippen LogP contribution >= 0.6 is 0 Å². The lowest BCUT2D eigenvalue weighted by atomic mass is 10.00. The number of nitrogens with zero attached hydrogens (tertiary/aromatic N) is 1. The summed E-state index contributed by atoms with van der Waals surface area (Å²) in [5.74, 6) is 0. The molecule has 0 bridgehead atoms. The average molecular weight is 335 g/mol. The van der Waals surface area contributed by atoms with E-state index in [1.807, 2.05) is 30.5 Å².